The van der Waals surface area contributed by atoms with E-state index in [1.165, 1.54) is 0 Å². The van der Waals surface area contributed by atoms with Crippen molar-refractivity contribution in [3.8, 4) is 0 Å². The second-order valence-corrected chi connectivity index (χ2v) is 4.02. The van der Waals surface area contributed by atoms with Crippen molar-refractivity contribution in [2.45, 2.75) is 26.7 Å². The van der Waals surface area contributed by atoms with Gasteiger partial charge in [-0.25, -0.2) is 0 Å². The highest BCUT2D eigenvalue weighted by Gasteiger charge is 2.40. The van der Waals surface area contributed by atoms with Crippen molar-refractivity contribution < 1.29 is 4.79 Å². The molecule has 1 aliphatic heterocycles. The Balaban J connectivity index is 2.60. The van der Waals surface area contributed by atoms with Gasteiger partial charge in [0.2, 0.25) is 5.91 Å². The molecule has 1 saturated heterocycles. The SMILES string of the molecule is CCC1(C)CCN(CCCl)C1=O. The number of carbonyl (C=O) groups is 1. The van der Waals surface area contributed by atoms with Crippen LogP contribution in [0, 0.1) is 5.41 Å². The van der Waals surface area contributed by atoms with Crippen molar-refractivity contribution >= 4 is 17.5 Å². The minimum Gasteiger partial charge on any atom is -0.341 e. The summed E-state index contributed by atoms with van der Waals surface area (Å²) in [5.41, 5.74) is -0.105. The molecule has 1 heterocycles. The highest BCUT2D eigenvalue weighted by atomic mass is 35.5. The van der Waals surface area contributed by atoms with Crippen molar-refractivity contribution in [2.75, 3.05) is 19.0 Å². The van der Waals surface area contributed by atoms with Crippen LogP contribution in [0.15, 0.2) is 0 Å². The fourth-order valence-electron chi connectivity index (χ4n) is 1.62. The van der Waals surface area contributed by atoms with E-state index in [9.17, 15) is 4.79 Å². The second kappa shape index (κ2) is 3.65. The topological polar surface area (TPSA) is 20.3 Å². The van der Waals surface area contributed by atoms with Crippen LogP contribution in [0.2, 0.25) is 0 Å². The Morgan fingerprint density at radius 2 is 2.33 bits per heavy atom. The van der Waals surface area contributed by atoms with E-state index in [4.69, 9.17) is 11.6 Å². The largest absolute Gasteiger partial charge is 0.341 e. The number of nitrogens with zero attached hydrogens (tertiary/aromatic N) is 1. The summed E-state index contributed by atoms with van der Waals surface area (Å²) in [5.74, 6) is 0.830. The van der Waals surface area contributed by atoms with Gasteiger partial charge in [-0.1, -0.05) is 13.8 Å². The lowest BCUT2D eigenvalue weighted by atomic mass is 9.86. The van der Waals surface area contributed by atoms with Crippen LogP contribution in [-0.4, -0.2) is 29.8 Å². The van der Waals surface area contributed by atoms with Gasteiger partial charge >= 0.3 is 0 Å². The molecule has 0 spiro atoms. The molecule has 1 fully saturated rings. The van der Waals surface area contributed by atoms with E-state index in [0.29, 0.717) is 12.4 Å². The summed E-state index contributed by atoms with van der Waals surface area (Å²) in [7, 11) is 0. The average molecular weight is 190 g/mol. The van der Waals surface area contributed by atoms with Crippen molar-refractivity contribution in [2.24, 2.45) is 5.41 Å². The first-order valence-corrected chi connectivity index (χ1v) is 5.03. The molecule has 0 aliphatic carbocycles. The van der Waals surface area contributed by atoms with Gasteiger partial charge in [-0.2, -0.15) is 0 Å². The van der Waals surface area contributed by atoms with Gasteiger partial charge in [0.25, 0.3) is 0 Å². The van der Waals surface area contributed by atoms with Crippen LogP contribution in [0.3, 0.4) is 0 Å². The van der Waals surface area contributed by atoms with E-state index in [1.807, 2.05) is 11.8 Å². The van der Waals surface area contributed by atoms with Crippen LogP contribution < -0.4 is 0 Å². The lowest BCUT2D eigenvalue weighted by Crippen LogP contribution is -2.33. The van der Waals surface area contributed by atoms with Gasteiger partial charge < -0.3 is 4.90 Å². The van der Waals surface area contributed by atoms with Crippen molar-refractivity contribution in [1.82, 2.24) is 4.90 Å². The summed E-state index contributed by atoms with van der Waals surface area (Å²) in [5, 5.41) is 0. The van der Waals surface area contributed by atoms with Crippen molar-refractivity contribution in [1.29, 1.82) is 0 Å². The van der Waals surface area contributed by atoms with Gasteiger partial charge in [-0.3, -0.25) is 4.79 Å². The smallest absolute Gasteiger partial charge is 0.228 e. The van der Waals surface area contributed by atoms with Crippen LogP contribution in [0.5, 0.6) is 0 Å². The average Bonchev–Trinajstić information content (AvgIpc) is 2.35. The molecule has 2 nitrogen and oxygen atoms in total. The maximum absolute atomic E-state index is 11.7. The Hall–Kier alpha value is -0.240. The molecule has 1 aliphatic rings. The molecule has 1 unspecified atom stereocenters. The van der Waals surface area contributed by atoms with E-state index in [-0.39, 0.29) is 11.3 Å². The van der Waals surface area contributed by atoms with E-state index in [0.717, 1.165) is 19.4 Å². The molecule has 1 rings (SSSR count). The first kappa shape index (κ1) is 9.85. The van der Waals surface area contributed by atoms with E-state index < -0.39 is 0 Å². The summed E-state index contributed by atoms with van der Waals surface area (Å²) in [6.45, 7) is 5.71. The minimum atomic E-state index is -0.105. The summed E-state index contributed by atoms with van der Waals surface area (Å²) >= 11 is 5.59. The zero-order valence-electron chi connectivity index (χ0n) is 7.77. The maximum atomic E-state index is 11.7. The number of halogens is 1. The molecule has 1 atom stereocenters. The molecule has 0 N–H and O–H groups in total. The molecular weight excluding hydrogens is 174 g/mol. The second-order valence-electron chi connectivity index (χ2n) is 3.65. The molecule has 0 radical (unpaired) electrons. The summed E-state index contributed by atoms with van der Waals surface area (Å²) in [4.78, 5) is 13.6. The molecule has 0 aromatic heterocycles. The monoisotopic (exact) mass is 189 g/mol. The van der Waals surface area contributed by atoms with Crippen LogP contribution in [0.1, 0.15) is 26.7 Å². The Labute approximate surface area is 78.9 Å². The van der Waals surface area contributed by atoms with Gasteiger partial charge in [0.1, 0.15) is 0 Å². The molecule has 0 aromatic carbocycles. The van der Waals surface area contributed by atoms with Gasteiger partial charge in [0, 0.05) is 24.4 Å². The van der Waals surface area contributed by atoms with Gasteiger partial charge in [-0.05, 0) is 12.8 Å². The first-order valence-electron chi connectivity index (χ1n) is 4.49. The molecule has 1 amide bonds. The summed E-state index contributed by atoms with van der Waals surface area (Å²) in [6, 6.07) is 0. The fraction of sp³-hybridized carbons (Fsp3) is 0.889. The van der Waals surface area contributed by atoms with Crippen molar-refractivity contribution in [3.05, 3.63) is 0 Å². The zero-order valence-corrected chi connectivity index (χ0v) is 8.52. The number of alkyl halides is 1. The Morgan fingerprint density at radius 1 is 1.67 bits per heavy atom. The molecular formula is C9H16ClNO. The lowest BCUT2D eigenvalue weighted by Gasteiger charge is -2.21. The molecule has 0 aromatic rings. The van der Waals surface area contributed by atoms with E-state index in [1.54, 1.807) is 0 Å². The summed E-state index contributed by atoms with van der Waals surface area (Å²) in [6.07, 6.45) is 1.92. The maximum Gasteiger partial charge on any atom is 0.228 e. The highest BCUT2D eigenvalue weighted by molar-refractivity contribution is 6.18. The van der Waals surface area contributed by atoms with Gasteiger partial charge in [0.15, 0.2) is 0 Å². The first-order chi connectivity index (χ1) is 5.64. The third-order valence-corrected chi connectivity index (χ3v) is 3.04. The van der Waals surface area contributed by atoms with Crippen LogP contribution >= 0.6 is 11.6 Å². The fourth-order valence-corrected chi connectivity index (χ4v) is 1.82. The number of rotatable bonds is 3. The van der Waals surface area contributed by atoms with E-state index in [2.05, 4.69) is 6.92 Å². The van der Waals surface area contributed by atoms with Crippen LogP contribution in [0.4, 0.5) is 0 Å². The number of likely N-dealkylation sites (tertiary alicyclic amines) is 1. The predicted octanol–water partition coefficient (Wildman–Crippen LogP) is 1.87. The molecule has 70 valence electrons. The minimum absolute atomic E-state index is 0.105. The van der Waals surface area contributed by atoms with Gasteiger partial charge in [-0.15, -0.1) is 11.6 Å². The summed E-state index contributed by atoms with van der Waals surface area (Å²) < 4.78 is 0. The molecule has 12 heavy (non-hydrogen) atoms. The van der Waals surface area contributed by atoms with Crippen LogP contribution in [0.25, 0.3) is 0 Å². The Morgan fingerprint density at radius 3 is 2.75 bits per heavy atom. The van der Waals surface area contributed by atoms with Crippen molar-refractivity contribution in [3.63, 3.8) is 0 Å². The van der Waals surface area contributed by atoms with Gasteiger partial charge in [0.05, 0.1) is 0 Å². The third kappa shape index (κ3) is 1.58. The van der Waals surface area contributed by atoms with E-state index >= 15 is 0 Å². The zero-order chi connectivity index (χ0) is 9.19. The quantitative estimate of drug-likeness (QED) is 0.621. The molecule has 3 heteroatoms. The Bertz CT molecular complexity index is 183. The number of hydrogen-bond acceptors (Lipinski definition) is 1. The highest BCUT2D eigenvalue weighted by Crippen LogP contribution is 2.34. The lowest BCUT2D eigenvalue weighted by molar-refractivity contribution is -0.135. The van der Waals surface area contributed by atoms with Crippen LogP contribution in [-0.2, 0) is 4.79 Å². The number of carbonyl (C=O) groups excluding carboxylic acids is 1. The normalized spacial score (nSPS) is 29.9. The standard InChI is InChI=1S/C9H16ClNO/c1-3-9(2)4-6-11(7-5-10)8(9)12/h3-7H2,1-2H3. The Kier molecular flexibility index (Phi) is 2.99. The number of amides is 1. The predicted molar refractivity (Wildman–Crippen MR) is 50.3 cm³/mol. The number of hydrogen-bond donors (Lipinski definition) is 0. The molecule has 0 bridgehead atoms. The third-order valence-electron chi connectivity index (χ3n) is 2.87. The molecule has 0 saturated carbocycles.